The Balaban J connectivity index is 1.91. The monoisotopic (exact) mass is 352 g/mol. The Morgan fingerprint density at radius 2 is 1.59 bits per heavy atom. The molecule has 4 rings (SSSR count). The Bertz CT molecular complexity index is 1190. The van der Waals surface area contributed by atoms with Crippen LogP contribution in [0.5, 0.6) is 5.88 Å². The highest BCUT2D eigenvalue weighted by molar-refractivity contribution is 6.30. The molecule has 1 aliphatic rings. The maximum Gasteiger partial charge on any atom is 0.280 e. The minimum absolute atomic E-state index is 0.175. The SMILES string of the molecule is Cc1ccc(C2=NC(=O)c3c(-c4cc(C#N)cc(C#N)c4)[nH]c(O)c32)cc1. The number of hydrogen-bond acceptors (Lipinski definition) is 4. The van der Waals surface area contributed by atoms with Gasteiger partial charge >= 0.3 is 0 Å². The van der Waals surface area contributed by atoms with Crippen LogP contribution in [0, 0.1) is 29.6 Å². The van der Waals surface area contributed by atoms with E-state index >= 15 is 0 Å². The van der Waals surface area contributed by atoms with Crippen molar-refractivity contribution >= 4 is 11.6 Å². The highest BCUT2D eigenvalue weighted by atomic mass is 16.3. The maximum atomic E-state index is 12.6. The second kappa shape index (κ2) is 5.98. The van der Waals surface area contributed by atoms with Crippen LogP contribution in [-0.4, -0.2) is 21.7 Å². The molecule has 2 N–H and O–H groups in total. The standard InChI is InChI=1S/C21H12N4O2/c1-11-2-4-14(5-3-11)18-16-17(21(27)24-18)19(25-20(16)26)15-7-12(9-22)6-13(8-15)10-23/h2-8,25-26H,1H3. The van der Waals surface area contributed by atoms with Crippen molar-refractivity contribution in [1.29, 1.82) is 10.5 Å². The van der Waals surface area contributed by atoms with Gasteiger partial charge in [-0.3, -0.25) is 4.79 Å². The summed E-state index contributed by atoms with van der Waals surface area (Å²) in [7, 11) is 0. The van der Waals surface area contributed by atoms with Crippen LogP contribution in [-0.2, 0) is 0 Å². The van der Waals surface area contributed by atoms with Crippen molar-refractivity contribution in [2.24, 2.45) is 4.99 Å². The number of aliphatic imine (C=N–C) groups is 1. The molecule has 27 heavy (non-hydrogen) atoms. The van der Waals surface area contributed by atoms with Crippen molar-refractivity contribution in [3.63, 3.8) is 0 Å². The Labute approximate surface area is 154 Å². The molecular formula is C21H12N4O2. The molecule has 0 bridgehead atoms. The van der Waals surface area contributed by atoms with Crippen molar-refractivity contribution in [3.05, 3.63) is 75.8 Å². The van der Waals surface area contributed by atoms with Crippen LogP contribution in [0.2, 0.25) is 0 Å². The smallest absolute Gasteiger partial charge is 0.280 e. The lowest BCUT2D eigenvalue weighted by molar-refractivity contribution is 0.101. The number of rotatable bonds is 2. The predicted octanol–water partition coefficient (Wildman–Crippen LogP) is 3.43. The summed E-state index contributed by atoms with van der Waals surface area (Å²) in [6.07, 6.45) is 0. The minimum Gasteiger partial charge on any atom is -0.494 e. The molecule has 0 atom stereocenters. The molecule has 0 saturated heterocycles. The molecule has 0 fully saturated rings. The van der Waals surface area contributed by atoms with E-state index < -0.39 is 5.91 Å². The molecule has 0 aliphatic carbocycles. The fourth-order valence-electron chi connectivity index (χ4n) is 3.18. The molecule has 2 aromatic carbocycles. The van der Waals surface area contributed by atoms with Crippen molar-refractivity contribution in [2.75, 3.05) is 0 Å². The fourth-order valence-corrected chi connectivity index (χ4v) is 3.18. The number of fused-ring (bicyclic) bond motifs is 1. The van der Waals surface area contributed by atoms with Gasteiger partial charge in [-0.15, -0.1) is 0 Å². The van der Waals surface area contributed by atoms with E-state index in [0.29, 0.717) is 22.5 Å². The van der Waals surface area contributed by atoms with Gasteiger partial charge in [0.1, 0.15) is 0 Å². The normalized spacial score (nSPS) is 12.3. The molecule has 1 aromatic heterocycles. The van der Waals surface area contributed by atoms with Gasteiger partial charge < -0.3 is 10.1 Å². The molecule has 0 spiro atoms. The molecule has 128 valence electrons. The van der Waals surface area contributed by atoms with Crippen molar-refractivity contribution in [1.82, 2.24) is 4.98 Å². The molecule has 6 nitrogen and oxygen atoms in total. The van der Waals surface area contributed by atoms with E-state index in [9.17, 15) is 20.4 Å². The molecule has 2 heterocycles. The van der Waals surface area contributed by atoms with E-state index in [0.717, 1.165) is 11.1 Å². The summed E-state index contributed by atoms with van der Waals surface area (Å²) < 4.78 is 0. The number of benzene rings is 2. The molecule has 1 aliphatic heterocycles. The van der Waals surface area contributed by atoms with Gasteiger partial charge in [0.2, 0.25) is 0 Å². The molecule has 3 aromatic rings. The summed E-state index contributed by atoms with van der Waals surface area (Å²) in [5.74, 6) is -0.654. The number of nitriles is 2. The van der Waals surface area contributed by atoms with Crippen molar-refractivity contribution in [2.45, 2.75) is 6.92 Å². The van der Waals surface area contributed by atoms with Gasteiger partial charge in [-0.2, -0.15) is 10.5 Å². The minimum atomic E-state index is -0.479. The lowest BCUT2D eigenvalue weighted by Gasteiger charge is -2.02. The lowest BCUT2D eigenvalue weighted by Crippen LogP contribution is -1.99. The van der Waals surface area contributed by atoms with E-state index in [2.05, 4.69) is 9.98 Å². The van der Waals surface area contributed by atoms with E-state index in [1.165, 1.54) is 6.07 Å². The van der Waals surface area contributed by atoms with Gasteiger partial charge in [-0.25, -0.2) is 4.99 Å². The molecule has 0 saturated carbocycles. The second-order valence-electron chi connectivity index (χ2n) is 6.25. The molecule has 6 heteroatoms. The topological polar surface area (TPSA) is 113 Å². The first kappa shape index (κ1) is 16.3. The number of amides is 1. The van der Waals surface area contributed by atoms with E-state index in [1.54, 1.807) is 12.1 Å². The Kier molecular flexibility index (Phi) is 3.61. The number of carbonyl (C=O) groups excluding carboxylic acids is 1. The van der Waals surface area contributed by atoms with Crippen LogP contribution in [0.15, 0.2) is 47.5 Å². The fraction of sp³-hybridized carbons (Fsp3) is 0.0476. The number of carbonyl (C=O) groups is 1. The number of nitrogens with one attached hydrogen (secondary N) is 1. The highest BCUT2D eigenvalue weighted by Gasteiger charge is 2.33. The lowest BCUT2D eigenvalue weighted by atomic mass is 9.98. The van der Waals surface area contributed by atoms with E-state index in [-0.39, 0.29) is 22.6 Å². The van der Waals surface area contributed by atoms with Crippen molar-refractivity contribution in [3.8, 4) is 29.3 Å². The summed E-state index contributed by atoms with van der Waals surface area (Å²) >= 11 is 0. The van der Waals surface area contributed by atoms with Crippen LogP contribution >= 0.6 is 0 Å². The van der Waals surface area contributed by atoms with Gasteiger partial charge in [0.15, 0.2) is 5.88 Å². The van der Waals surface area contributed by atoms with Crippen LogP contribution < -0.4 is 0 Å². The first-order valence-electron chi connectivity index (χ1n) is 8.13. The van der Waals surface area contributed by atoms with Gasteiger partial charge in [-0.05, 0) is 25.1 Å². The Morgan fingerprint density at radius 3 is 2.19 bits per heavy atom. The summed E-state index contributed by atoms with van der Waals surface area (Å²) in [5, 5.41) is 28.8. The van der Waals surface area contributed by atoms with Crippen LogP contribution in [0.1, 0.15) is 38.2 Å². The summed E-state index contributed by atoms with van der Waals surface area (Å²) in [6, 6.07) is 16.1. The Hall–Kier alpha value is -4.16. The van der Waals surface area contributed by atoms with E-state index in [1.807, 2.05) is 43.3 Å². The number of hydrogen-bond donors (Lipinski definition) is 2. The number of H-pyrrole nitrogens is 1. The Morgan fingerprint density at radius 1 is 0.963 bits per heavy atom. The number of aromatic amines is 1. The molecular weight excluding hydrogens is 340 g/mol. The third-order valence-electron chi connectivity index (χ3n) is 4.45. The first-order valence-corrected chi connectivity index (χ1v) is 8.13. The molecule has 0 radical (unpaired) electrons. The van der Waals surface area contributed by atoms with Crippen LogP contribution in [0.25, 0.3) is 11.3 Å². The quantitative estimate of drug-likeness (QED) is 0.735. The zero-order chi connectivity index (χ0) is 19.1. The number of aryl methyl sites for hydroxylation is 1. The summed E-state index contributed by atoms with van der Waals surface area (Å²) in [6.45, 7) is 1.96. The van der Waals surface area contributed by atoms with Gasteiger partial charge in [0, 0.05) is 11.1 Å². The third-order valence-corrected chi connectivity index (χ3v) is 4.45. The zero-order valence-corrected chi connectivity index (χ0v) is 14.2. The largest absolute Gasteiger partial charge is 0.494 e. The highest BCUT2D eigenvalue weighted by Crippen LogP contribution is 2.38. The predicted molar refractivity (Wildman–Crippen MR) is 98.5 cm³/mol. The first-order chi connectivity index (χ1) is 13.0. The van der Waals surface area contributed by atoms with Crippen LogP contribution in [0.3, 0.4) is 0 Å². The van der Waals surface area contributed by atoms with Crippen molar-refractivity contribution < 1.29 is 9.90 Å². The molecule has 1 amide bonds. The van der Waals surface area contributed by atoms with E-state index in [4.69, 9.17) is 0 Å². The van der Waals surface area contributed by atoms with Gasteiger partial charge in [0.25, 0.3) is 5.91 Å². The average molecular weight is 352 g/mol. The van der Waals surface area contributed by atoms with Gasteiger partial charge in [-0.1, -0.05) is 29.8 Å². The van der Waals surface area contributed by atoms with Crippen LogP contribution in [0.4, 0.5) is 0 Å². The number of aromatic hydroxyl groups is 1. The second-order valence-corrected chi connectivity index (χ2v) is 6.25. The maximum absolute atomic E-state index is 12.6. The molecule has 0 unspecified atom stereocenters. The number of aromatic nitrogens is 1. The summed E-state index contributed by atoms with van der Waals surface area (Å²) in [5.41, 5.74) is 4.14. The zero-order valence-electron chi connectivity index (χ0n) is 14.2. The third kappa shape index (κ3) is 2.57. The average Bonchev–Trinajstić information content (AvgIpc) is 3.20. The van der Waals surface area contributed by atoms with Gasteiger partial charge in [0.05, 0.1) is 45.8 Å². The number of nitrogens with zero attached hydrogens (tertiary/aromatic N) is 3. The summed E-state index contributed by atoms with van der Waals surface area (Å²) in [4.78, 5) is 19.5.